The van der Waals surface area contributed by atoms with Gasteiger partial charge in [0.1, 0.15) is 11.6 Å². The second-order valence-corrected chi connectivity index (χ2v) is 23.4. The first kappa shape index (κ1) is 51.3. The molecule has 5 nitrogen and oxygen atoms in total. The Labute approximate surface area is 471 Å². The predicted molar refractivity (Wildman–Crippen MR) is 335 cm³/mol. The van der Waals surface area contributed by atoms with Crippen molar-refractivity contribution in [3.8, 4) is 123 Å². The number of hydrogen-bond acceptors (Lipinski definition) is 3. The van der Waals surface area contributed by atoms with Crippen molar-refractivity contribution < 1.29 is 0 Å². The Bertz CT molecular complexity index is 3940. The first-order chi connectivity index (χ1) is 38.9. The average Bonchev–Trinajstić information content (AvgIpc) is 4.17. The minimum atomic E-state index is 0.118. The molecule has 0 N–H and O–H groups in total. The Hall–Kier alpha value is -9.45. The van der Waals surface area contributed by atoms with Gasteiger partial charge in [-0.05, 0) is 136 Å². The number of hydrogen-bond donors (Lipinski definition) is 0. The molecule has 0 radical (unpaired) electrons. The quantitative estimate of drug-likeness (QED) is 0.116. The summed E-state index contributed by atoms with van der Waals surface area (Å²) in [6.45, 7) is 15.4. The van der Waals surface area contributed by atoms with Gasteiger partial charge in [0.05, 0.1) is 5.69 Å². The summed E-state index contributed by atoms with van der Waals surface area (Å²) in [7, 11) is 0. The molecule has 0 fully saturated rings. The van der Waals surface area contributed by atoms with E-state index in [0.29, 0.717) is 0 Å². The van der Waals surface area contributed by atoms with Crippen molar-refractivity contribution in [3.63, 3.8) is 0 Å². The van der Waals surface area contributed by atoms with Crippen LogP contribution in [0, 0.1) is 10.8 Å². The highest BCUT2D eigenvalue weighted by Gasteiger charge is 2.21. The molecule has 0 unspecified atom stereocenters. The summed E-state index contributed by atoms with van der Waals surface area (Å²) < 4.78 is 4.53. The maximum atomic E-state index is 4.82. The summed E-state index contributed by atoms with van der Waals surface area (Å²) >= 11 is 0. The predicted octanol–water partition coefficient (Wildman–Crippen LogP) is 19.9. The standard InChI is InChI=1S/C75H65N5/c1-74(2,3)50-79-44-42-77-72(79)57-35-31-54(32-36-57)63-20-10-12-22-65(63)60-46-61(66-23-13-11-21-64(66)55-33-37-58(38-34-55)73-78-43-45-80(73)51-75(4,5)6)48-62(47-60)67-24-14-15-25-68(67)69-40-39-59(71-26-16-17-41-76-71)49-70(69)56-29-27-53(28-30-56)52-18-8-7-9-19-52/h7-49H,50-51H2,1-6H3. The topological polar surface area (TPSA) is 48.5 Å². The van der Waals surface area contributed by atoms with Gasteiger partial charge in [-0.15, -0.1) is 0 Å². The molecule has 12 aromatic rings. The smallest absolute Gasteiger partial charge is 0.139 e. The summed E-state index contributed by atoms with van der Waals surface area (Å²) in [4.78, 5) is 14.4. The molecule has 80 heavy (non-hydrogen) atoms. The van der Waals surface area contributed by atoms with Crippen molar-refractivity contribution in [3.05, 3.63) is 262 Å². The Morgan fingerprint density at radius 3 is 1.06 bits per heavy atom. The number of rotatable bonds is 13. The zero-order chi connectivity index (χ0) is 54.8. The van der Waals surface area contributed by atoms with Gasteiger partial charge in [0.15, 0.2) is 0 Å². The Morgan fingerprint density at radius 2 is 0.613 bits per heavy atom. The molecule has 3 heterocycles. The molecule has 0 aliphatic carbocycles. The van der Waals surface area contributed by atoms with Crippen LogP contribution in [-0.2, 0) is 13.1 Å². The second-order valence-electron chi connectivity index (χ2n) is 23.4. The number of pyridine rings is 1. The van der Waals surface area contributed by atoms with E-state index in [9.17, 15) is 0 Å². The van der Waals surface area contributed by atoms with Crippen molar-refractivity contribution in [1.29, 1.82) is 0 Å². The van der Waals surface area contributed by atoms with Gasteiger partial charge in [-0.3, -0.25) is 4.98 Å². The fourth-order valence-electron chi connectivity index (χ4n) is 11.2. The summed E-state index contributed by atoms with van der Waals surface area (Å²) in [5.74, 6) is 1.96. The molecule has 0 saturated heterocycles. The fourth-order valence-corrected chi connectivity index (χ4v) is 11.2. The third-order valence-corrected chi connectivity index (χ3v) is 14.8. The average molecular weight is 1040 g/mol. The van der Waals surface area contributed by atoms with Crippen LogP contribution in [0.1, 0.15) is 41.5 Å². The molecule has 5 heteroatoms. The Kier molecular flexibility index (Phi) is 14.0. The van der Waals surface area contributed by atoms with Crippen LogP contribution in [-0.4, -0.2) is 24.1 Å². The van der Waals surface area contributed by atoms with Crippen LogP contribution in [0.3, 0.4) is 0 Å². The molecular formula is C75H65N5. The van der Waals surface area contributed by atoms with E-state index in [-0.39, 0.29) is 10.8 Å². The molecule has 12 rings (SSSR count). The van der Waals surface area contributed by atoms with Gasteiger partial charge in [0.2, 0.25) is 0 Å². The largest absolute Gasteiger partial charge is 0.330 e. The lowest BCUT2D eigenvalue weighted by Gasteiger charge is -2.21. The molecule has 0 saturated carbocycles. The van der Waals surface area contributed by atoms with Gasteiger partial charge in [-0.2, -0.15) is 0 Å². The van der Waals surface area contributed by atoms with Crippen molar-refractivity contribution in [2.75, 3.05) is 0 Å². The van der Waals surface area contributed by atoms with E-state index in [1.54, 1.807) is 0 Å². The highest BCUT2D eigenvalue weighted by atomic mass is 15.1. The molecule has 390 valence electrons. The Balaban J connectivity index is 1.01. The van der Waals surface area contributed by atoms with Gasteiger partial charge in [0, 0.05) is 60.8 Å². The zero-order valence-electron chi connectivity index (χ0n) is 46.5. The number of imidazole rings is 2. The van der Waals surface area contributed by atoms with E-state index in [4.69, 9.17) is 15.0 Å². The van der Waals surface area contributed by atoms with E-state index in [2.05, 4.69) is 288 Å². The lowest BCUT2D eigenvalue weighted by molar-refractivity contribution is 0.345. The van der Waals surface area contributed by atoms with Crippen molar-refractivity contribution >= 4 is 0 Å². The highest BCUT2D eigenvalue weighted by molar-refractivity contribution is 5.97. The van der Waals surface area contributed by atoms with Crippen LogP contribution >= 0.6 is 0 Å². The van der Waals surface area contributed by atoms with E-state index in [1.807, 2.05) is 24.7 Å². The monoisotopic (exact) mass is 1040 g/mol. The second kappa shape index (κ2) is 21.8. The van der Waals surface area contributed by atoms with Crippen LogP contribution in [0.2, 0.25) is 0 Å². The zero-order valence-corrected chi connectivity index (χ0v) is 46.5. The van der Waals surface area contributed by atoms with Crippen LogP contribution in [0.4, 0.5) is 0 Å². The lowest BCUT2D eigenvalue weighted by Crippen LogP contribution is -2.15. The van der Waals surface area contributed by atoms with Gasteiger partial charge >= 0.3 is 0 Å². The highest BCUT2D eigenvalue weighted by Crippen LogP contribution is 2.45. The summed E-state index contributed by atoms with van der Waals surface area (Å²) in [6.07, 6.45) is 9.87. The fraction of sp³-hybridized carbons (Fsp3) is 0.133. The SMILES string of the molecule is CC(C)(C)Cn1ccnc1-c1ccc(-c2ccccc2-c2cc(-c3ccccc3-c3ccc(-c4nccn4CC(C)(C)C)cc3)cc(-c3ccccc3-c3ccc(-c4ccccn4)cc3-c3ccc(-c4ccccc4)cc3)c2)cc1. The van der Waals surface area contributed by atoms with Crippen LogP contribution < -0.4 is 0 Å². The van der Waals surface area contributed by atoms with E-state index in [0.717, 1.165) is 125 Å². The van der Waals surface area contributed by atoms with Crippen molar-refractivity contribution in [2.24, 2.45) is 10.8 Å². The molecule has 0 atom stereocenters. The van der Waals surface area contributed by atoms with E-state index in [1.165, 1.54) is 11.1 Å². The van der Waals surface area contributed by atoms with Gasteiger partial charge < -0.3 is 9.13 Å². The van der Waals surface area contributed by atoms with E-state index < -0.39 is 0 Å². The molecule has 0 bridgehead atoms. The number of aromatic nitrogens is 5. The third kappa shape index (κ3) is 11.0. The van der Waals surface area contributed by atoms with Gasteiger partial charge in [-0.25, -0.2) is 9.97 Å². The third-order valence-electron chi connectivity index (χ3n) is 14.8. The minimum Gasteiger partial charge on any atom is -0.330 e. The van der Waals surface area contributed by atoms with Crippen LogP contribution in [0.15, 0.2) is 262 Å². The minimum absolute atomic E-state index is 0.118. The Morgan fingerprint density at radius 1 is 0.263 bits per heavy atom. The molecule has 0 aliphatic heterocycles. The normalized spacial score (nSPS) is 11.7. The summed E-state index contributed by atoms with van der Waals surface area (Å²) in [5, 5.41) is 0. The molecule has 0 amide bonds. The number of nitrogens with zero attached hydrogens (tertiary/aromatic N) is 5. The number of benzene rings is 9. The maximum Gasteiger partial charge on any atom is 0.139 e. The lowest BCUT2D eigenvalue weighted by atomic mass is 9.84. The summed E-state index contributed by atoms with van der Waals surface area (Å²) in [6, 6.07) is 84.2. The van der Waals surface area contributed by atoms with Crippen molar-refractivity contribution in [2.45, 2.75) is 54.6 Å². The first-order valence-corrected chi connectivity index (χ1v) is 27.8. The molecular weight excluding hydrogens is 971 g/mol. The maximum absolute atomic E-state index is 4.82. The molecule has 3 aromatic heterocycles. The molecule has 0 spiro atoms. The van der Waals surface area contributed by atoms with Crippen LogP contribution in [0.25, 0.3) is 123 Å². The van der Waals surface area contributed by atoms with Crippen molar-refractivity contribution in [1.82, 2.24) is 24.1 Å². The van der Waals surface area contributed by atoms with E-state index >= 15 is 0 Å². The summed E-state index contributed by atoms with van der Waals surface area (Å²) in [5.41, 5.74) is 22.8. The van der Waals surface area contributed by atoms with Gasteiger partial charge in [0.25, 0.3) is 0 Å². The van der Waals surface area contributed by atoms with Gasteiger partial charge in [-0.1, -0.05) is 236 Å². The molecule has 0 aliphatic rings. The molecule has 9 aromatic carbocycles. The van der Waals surface area contributed by atoms with Crippen LogP contribution in [0.5, 0.6) is 0 Å². The first-order valence-electron chi connectivity index (χ1n) is 27.8.